The van der Waals surface area contributed by atoms with E-state index in [0.717, 1.165) is 25.9 Å². The molecule has 0 saturated carbocycles. The third-order valence-electron chi connectivity index (χ3n) is 2.86. The highest BCUT2D eigenvalue weighted by Crippen LogP contribution is 2.31. The van der Waals surface area contributed by atoms with Gasteiger partial charge in [-0.2, -0.15) is 0 Å². The molecule has 3 nitrogen and oxygen atoms in total. The Kier molecular flexibility index (Phi) is 2.90. The van der Waals surface area contributed by atoms with Crippen molar-refractivity contribution in [2.24, 2.45) is 0 Å². The van der Waals surface area contributed by atoms with Crippen LogP contribution < -0.4 is 9.80 Å². The molecule has 0 N–H and O–H groups in total. The summed E-state index contributed by atoms with van der Waals surface area (Å²) in [5.74, 6) is 0. The second-order valence-electron chi connectivity index (χ2n) is 3.85. The van der Waals surface area contributed by atoms with Crippen molar-refractivity contribution in [3.63, 3.8) is 0 Å². The van der Waals surface area contributed by atoms with Crippen molar-refractivity contribution < 1.29 is 4.79 Å². The molecule has 3 heteroatoms. The van der Waals surface area contributed by atoms with Crippen LogP contribution in [0, 0.1) is 0 Å². The SMILES string of the molecule is CN1CCN(CCC=O)c2ccccc21. The summed E-state index contributed by atoms with van der Waals surface area (Å²) in [6.07, 6.45) is 1.60. The quantitative estimate of drug-likeness (QED) is 0.698. The van der Waals surface area contributed by atoms with E-state index in [0.29, 0.717) is 6.42 Å². The normalized spacial score (nSPS) is 15.0. The molecule has 1 heterocycles. The van der Waals surface area contributed by atoms with Crippen LogP contribution in [-0.4, -0.2) is 33.0 Å². The highest BCUT2D eigenvalue weighted by atomic mass is 16.1. The molecule has 80 valence electrons. The van der Waals surface area contributed by atoms with E-state index in [9.17, 15) is 4.79 Å². The van der Waals surface area contributed by atoms with Gasteiger partial charge in [0.15, 0.2) is 0 Å². The summed E-state index contributed by atoms with van der Waals surface area (Å²) in [5, 5.41) is 0. The molecule has 15 heavy (non-hydrogen) atoms. The molecule has 1 aliphatic heterocycles. The minimum atomic E-state index is 0.609. The van der Waals surface area contributed by atoms with Gasteiger partial charge in [0.25, 0.3) is 0 Å². The van der Waals surface area contributed by atoms with E-state index in [2.05, 4.69) is 35.0 Å². The van der Waals surface area contributed by atoms with Crippen molar-refractivity contribution in [1.29, 1.82) is 0 Å². The highest BCUT2D eigenvalue weighted by molar-refractivity contribution is 5.73. The zero-order chi connectivity index (χ0) is 10.7. The Morgan fingerprint density at radius 2 is 2.00 bits per heavy atom. The first kappa shape index (κ1) is 10.0. The van der Waals surface area contributed by atoms with Crippen LogP contribution in [0.5, 0.6) is 0 Å². The summed E-state index contributed by atoms with van der Waals surface area (Å²) in [5.41, 5.74) is 2.50. The number of anilines is 2. The molecule has 1 aromatic rings. The average Bonchev–Trinajstić information content (AvgIpc) is 2.29. The van der Waals surface area contributed by atoms with Crippen molar-refractivity contribution in [2.75, 3.05) is 36.5 Å². The molecule has 0 unspecified atom stereocenters. The first-order chi connectivity index (χ1) is 7.33. The van der Waals surface area contributed by atoms with E-state index in [4.69, 9.17) is 0 Å². The molecule has 0 aliphatic carbocycles. The maximum atomic E-state index is 10.4. The second kappa shape index (κ2) is 4.34. The Balaban J connectivity index is 2.23. The molecular formula is C12H16N2O. The molecular weight excluding hydrogens is 188 g/mol. The van der Waals surface area contributed by atoms with Crippen molar-refractivity contribution in [2.45, 2.75) is 6.42 Å². The zero-order valence-corrected chi connectivity index (χ0v) is 9.02. The first-order valence-electron chi connectivity index (χ1n) is 5.31. The van der Waals surface area contributed by atoms with E-state index < -0.39 is 0 Å². The fourth-order valence-electron chi connectivity index (χ4n) is 2.01. The number of likely N-dealkylation sites (N-methyl/N-ethyl adjacent to an activating group) is 1. The van der Waals surface area contributed by atoms with Gasteiger partial charge in [-0.05, 0) is 12.1 Å². The number of hydrogen-bond acceptors (Lipinski definition) is 3. The Bertz CT molecular complexity index is 351. The van der Waals surface area contributed by atoms with Crippen LogP contribution in [0.2, 0.25) is 0 Å². The Labute approximate surface area is 90.3 Å². The van der Waals surface area contributed by atoms with Crippen LogP contribution in [0.25, 0.3) is 0 Å². The van der Waals surface area contributed by atoms with Crippen LogP contribution in [0.1, 0.15) is 6.42 Å². The molecule has 0 aromatic heterocycles. The van der Waals surface area contributed by atoms with Gasteiger partial charge >= 0.3 is 0 Å². The molecule has 0 fully saturated rings. The lowest BCUT2D eigenvalue weighted by Gasteiger charge is -2.36. The smallest absolute Gasteiger partial charge is 0.121 e. The van der Waals surface area contributed by atoms with E-state index in [1.54, 1.807) is 0 Å². The predicted molar refractivity (Wildman–Crippen MR) is 62.6 cm³/mol. The third kappa shape index (κ3) is 1.96. The van der Waals surface area contributed by atoms with Gasteiger partial charge in [0.1, 0.15) is 6.29 Å². The lowest BCUT2D eigenvalue weighted by atomic mass is 10.1. The molecule has 0 atom stereocenters. The lowest BCUT2D eigenvalue weighted by molar-refractivity contribution is -0.107. The van der Waals surface area contributed by atoms with Crippen molar-refractivity contribution in [1.82, 2.24) is 0 Å². The number of fused-ring (bicyclic) bond motifs is 1. The number of carbonyl (C=O) groups is 1. The molecule has 1 aliphatic rings. The predicted octanol–water partition coefficient (Wildman–Crippen LogP) is 1.53. The first-order valence-corrected chi connectivity index (χ1v) is 5.31. The number of aldehydes is 1. The van der Waals surface area contributed by atoms with E-state index >= 15 is 0 Å². The van der Waals surface area contributed by atoms with Gasteiger partial charge < -0.3 is 14.6 Å². The number of para-hydroxylation sites is 2. The molecule has 0 amide bonds. The van der Waals surface area contributed by atoms with E-state index in [1.165, 1.54) is 11.4 Å². The maximum absolute atomic E-state index is 10.4. The monoisotopic (exact) mass is 204 g/mol. The van der Waals surface area contributed by atoms with E-state index in [-0.39, 0.29) is 0 Å². The zero-order valence-electron chi connectivity index (χ0n) is 9.02. The van der Waals surface area contributed by atoms with E-state index in [1.807, 2.05) is 6.07 Å². The second-order valence-corrected chi connectivity index (χ2v) is 3.85. The Morgan fingerprint density at radius 1 is 1.27 bits per heavy atom. The molecule has 2 rings (SSSR count). The molecule has 0 saturated heterocycles. The van der Waals surface area contributed by atoms with Crippen molar-refractivity contribution >= 4 is 17.7 Å². The van der Waals surface area contributed by atoms with Gasteiger partial charge in [-0.15, -0.1) is 0 Å². The maximum Gasteiger partial charge on any atom is 0.121 e. The molecule has 0 radical (unpaired) electrons. The average molecular weight is 204 g/mol. The summed E-state index contributed by atoms with van der Waals surface area (Å²) in [6, 6.07) is 8.35. The minimum Gasteiger partial charge on any atom is -0.371 e. The van der Waals surface area contributed by atoms with Crippen LogP contribution >= 0.6 is 0 Å². The third-order valence-corrected chi connectivity index (χ3v) is 2.86. The summed E-state index contributed by atoms with van der Waals surface area (Å²) < 4.78 is 0. The fraction of sp³-hybridized carbons (Fsp3) is 0.417. The Hall–Kier alpha value is -1.51. The number of carbonyl (C=O) groups excluding carboxylic acids is 1. The topological polar surface area (TPSA) is 23.6 Å². The van der Waals surface area contributed by atoms with Gasteiger partial charge in [-0.3, -0.25) is 0 Å². The summed E-state index contributed by atoms with van der Waals surface area (Å²) >= 11 is 0. The van der Waals surface area contributed by atoms with Crippen LogP contribution in [0.3, 0.4) is 0 Å². The fourth-order valence-corrected chi connectivity index (χ4v) is 2.01. The summed E-state index contributed by atoms with van der Waals surface area (Å²) in [7, 11) is 2.11. The largest absolute Gasteiger partial charge is 0.371 e. The Morgan fingerprint density at radius 3 is 2.73 bits per heavy atom. The number of rotatable bonds is 3. The van der Waals surface area contributed by atoms with Gasteiger partial charge in [0, 0.05) is 33.1 Å². The van der Waals surface area contributed by atoms with Gasteiger partial charge in [0.05, 0.1) is 11.4 Å². The van der Waals surface area contributed by atoms with Crippen molar-refractivity contribution in [3.8, 4) is 0 Å². The van der Waals surface area contributed by atoms with Crippen LogP contribution in [0.4, 0.5) is 11.4 Å². The van der Waals surface area contributed by atoms with Gasteiger partial charge in [-0.25, -0.2) is 0 Å². The van der Waals surface area contributed by atoms with Crippen LogP contribution in [0.15, 0.2) is 24.3 Å². The summed E-state index contributed by atoms with van der Waals surface area (Å²) in [6.45, 7) is 2.85. The van der Waals surface area contributed by atoms with Crippen molar-refractivity contribution in [3.05, 3.63) is 24.3 Å². The number of nitrogens with zero attached hydrogens (tertiary/aromatic N) is 2. The minimum absolute atomic E-state index is 0.609. The molecule has 0 spiro atoms. The number of benzene rings is 1. The molecule has 0 bridgehead atoms. The van der Waals surface area contributed by atoms with Gasteiger partial charge in [-0.1, -0.05) is 12.1 Å². The van der Waals surface area contributed by atoms with Crippen LogP contribution in [-0.2, 0) is 4.79 Å². The van der Waals surface area contributed by atoms with Gasteiger partial charge in [0.2, 0.25) is 0 Å². The number of hydrogen-bond donors (Lipinski definition) is 0. The lowest BCUT2D eigenvalue weighted by Crippen LogP contribution is -2.39. The highest BCUT2D eigenvalue weighted by Gasteiger charge is 2.18. The molecule has 1 aromatic carbocycles. The summed E-state index contributed by atoms with van der Waals surface area (Å²) in [4.78, 5) is 14.9. The standard InChI is InChI=1S/C12H16N2O/c1-13-8-9-14(7-4-10-15)12-6-3-2-5-11(12)13/h2-3,5-6,10H,4,7-9H2,1H3.